The summed E-state index contributed by atoms with van der Waals surface area (Å²) in [4.78, 5) is 31.3. The molecule has 0 saturated carbocycles. The Labute approximate surface area is 201 Å². The molecule has 10 N–H and O–H groups in total. The fraction of sp³-hybridized carbons (Fsp3) is 0.667. The van der Waals surface area contributed by atoms with E-state index in [9.17, 15) is 39.3 Å². The Morgan fingerprint density at radius 2 is 1.50 bits per heavy atom. The van der Waals surface area contributed by atoms with Crippen molar-refractivity contribution in [1.29, 1.82) is 0 Å². The van der Waals surface area contributed by atoms with E-state index >= 15 is 0 Å². The highest BCUT2D eigenvalue weighted by atomic mass is 31.3. The highest BCUT2D eigenvalue weighted by Gasteiger charge is 2.47. The highest BCUT2D eigenvalue weighted by Crippen LogP contribution is 2.60. The third kappa shape index (κ3) is 5.59. The minimum absolute atomic E-state index is 0.0636. The van der Waals surface area contributed by atoms with Crippen molar-refractivity contribution in [2.24, 2.45) is 5.73 Å². The van der Waals surface area contributed by atoms with E-state index in [1.165, 1.54) is 10.9 Å². The monoisotopic (exact) mass is 558 g/mol. The highest BCUT2D eigenvalue weighted by molar-refractivity contribution is 7.61. The number of nitrogen functional groups attached to an aromatic ring is 1. The summed E-state index contributed by atoms with van der Waals surface area (Å²) in [6.07, 6.45) is -9.07. The summed E-state index contributed by atoms with van der Waals surface area (Å²) < 4.78 is 49.2. The fourth-order valence-corrected chi connectivity index (χ4v) is 5.67. The van der Waals surface area contributed by atoms with Gasteiger partial charge in [-0.05, 0) is 0 Å². The second kappa shape index (κ2) is 10.2. The topological polar surface area (TPSA) is 297 Å². The Morgan fingerprint density at radius 1 is 0.917 bits per heavy atom. The molecule has 0 spiro atoms. The van der Waals surface area contributed by atoms with E-state index in [0.29, 0.717) is 0 Å². The molecule has 4 rings (SSSR count). The van der Waals surface area contributed by atoms with Crippen LogP contribution in [0.25, 0.3) is 11.2 Å². The molecule has 36 heavy (non-hydrogen) atoms. The first-order chi connectivity index (χ1) is 16.8. The Bertz CT molecular complexity index is 1190. The second-order valence-electron chi connectivity index (χ2n) is 7.86. The van der Waals surface area contributed by atoms with Crippen molar-refractivity contribution in [2.75, 3.05) is 18.9 Å². The molecule has 0 bridgehead atoms. The quantitative estimate of drug-likeness (QED) is 0.140. The van der Waals surface area contributed by atoms with Gasteiger partial charge in [0.2, 0.25) is 0 Å². The maximum Gasteiger partial charge on any atom is 0.481 e. The zero-order valence-electron chi connectivity index (χ0n) is 18.1. The van der Waals surface area contributed by atoms with Gasteiger partial charge in [-0.2, -0.15) is 4.31 Å². The van der Waals surface area contributed by atoms with E-state index in [4.69, 9.17) is 20.9 Å². The van der Waals surface area contributed by atoms with E-state index in [0.717, 1.165) is 6.33 Å². The largest absolute Gasteiger partial charge is 0.481 e. The van der Waals surface area contributed by atoms with Crippen molar-refractivity contribution < 1.29 is 62.2 Å². The lowest BCUT2D eigenvalue weighted by molar-refractivity contribution is -0.0507. The molecule has 0 aromatic carbocycles. The molecule has 0 radical (unpaired) electrons. The predicted molar refractivity (Wildman–Crippen MR) is 113 cm³/mol. The van der Waals surface area contributed by atoms with E-state index < -0.39 is 77.9 Å². The van der Waals surface area contributed by atoms with Gasteiger partial charge in [-0.3, -0.25) is 13.6 Å². The van der Waals surface area contributed by atoms with Crippen LogP contribution in [0.4, 0.5) is 5.82 Å². The lowest BCUT2D eigenvalue weighted by Crippen LogP contribution is -2.37. The first-order valence-electron chi connectivity index (χ1n) is 10.2. The van der Waals surface area contributed by atoms with Crippen molar-refractivity contribution >= 4 is 32.6 Å². The van der Waals surface area contributed by atoms with E-state index in [1.54, 1.807) is 0 Å². The van der Waals surface area contributed by atoms with E-state index in [1.807, 2.05) is 0 Å². The number of imidazole rings is 1. The van der Waals surface area contributed by atoms with Crippen molar-refractivity contribution in [3.63, 3.8) is 0 Å². The molecule has 2 saturated heterocycles. The van der Waals surface area contributed by atoms with Gasteiger partial charge in [-0.1, -0.05) is 0 Å². The van der Waals surface area contributed by atoms with Gasteiger partial charge in [0, 0.05) is 0 Å². The van der Waals surface area contributed by atoms with Gasteiger partial charge in [0.05, 0.1) is 19.5 Å². The Balaban J connectivity index is 1.34. The smallest absolute Gasteiger partial charge is 0.387 e. The molecule has 2 aliphatic heterocycles. The molecule has 10 atom stereocenters. The minimum atomic E-state index is -5.28. The van der Waals surface area contributed by atoms with Gasteiger partial charge in [0.1, 0.15) is 54.7 Å². The van der Waals surface area contributed by atoms with Crippen LogP contribution in [0.2, 0.25) is 0 Å². The average molecular weight is 558 g/mol. The number of aliphatic hydroxyl groups is 4. The number of hydrogen-bond acceptors (Lipinski definition) is 16. The number of nitrogens with zero attached hydrogens (tertiary/aromatic N) is 4. The number of phosphoric acid groups is 2. The van der Waals surface area contributed by atoms with Crippen LogP contribution in [0.5, 0.6) is 0 Å². The van der Waals surface area contributed by atoms with Crippen LogP contribution in [-0.2, 0) is 32.0 Å². The molecular weight excluding hydrogens is 534 g/mol. The average Bonchev–Trinajstić information content (AvgIpc) is 3.42. The summed E-state index contributed by atoms with van der Waals surface area (Å²) >= 11 is 0. The molecule has 4 heterocycles. The molecule has 202 valence electrons. The van der Waals surface area contributed by atoms with Gasteiger partial charge >= 0.3 is 15.6 Å². The van der Waals surface area contributed by atoms with Crippen LogP contribution >= 0.6 is 15.6 Å². The van der Waals surface area contributed by atoms with E-state index in [-0.39, 0.29) is 17.0 Å². The van der Waals surface area contributed by atoms with Gasteiger partial charge in [0.15, 0.2) is 17.7 Å². The molecule has 2 fully saturated rings. The lowest BCUT2D eigenvalue weighted by Gasteiger charge is -2.20. The van der Waals surface area contributed by atoms with Crippen molar-refractivity contribution in [2.45, 2.75) is 49.1 Å². The van der Waals surface area contributed by atoms with Crippen molar-refractivity contribution in [3.8, 4) is 0 Å². The predicted octanol–water partition coefficient (Wildman–Crippen LogP) is -3.32. The number of fused-ring (bicyclic) bond motifs is 1. The molecule has 19 nitrogen and oxygen atoms in total. The Kier molecular flexibility index (Phi) is 7.78. The van der Waals surface area contributed by atoms with Crippen molar-refractivity contribution in [1.82, 2.24) is 19.5 Å². The SMILES string of the molecule is Nc1ncnc2c1ncn2[C@@H]1O[C@H](COP(=O)(O)OP(=O)(O)OC[C@H]2O[C@H](N)[C@H](O)[C@@H]2O)[C@@H](O)[C@H]1O. The molecule has 2 aromatic rings. The summed E-state index contributed by atoms with van der Waals surface area (Å²) in [5.41, 5.74) is 11.5. The normalized spacial score (nSPS) is 36.2. The number of nitrogens with two attached hydrogens (primary N) is 2. The Morgan fingerprint density at radius 3 is 2.08 bits per heavy atom. The molecule has 21 heteroatoms. The molecule has 2 unspecified atom stereocenters. The molecule has 2 aromatic heterocycles. The summed E-state index contributed by atoms with van der Waals surface area (Å²) in [6, 6.07) is 0. The van der Waals surface area contributed by atoms with Crippen LogP contribution < -0.4 is 11.5 Å². The number of aliphatic hydroxyl groups excluding tert-OH is 4. The summed E-state index contributed by atoms with van der Waals surface area (Å²) in [5, 5.41) is 39.9. The van der Waals surface area contributed by atoms with E-state index in [2.05, 4.69) is 28.3 Å². The van der Waals surface area contributed by atoms with Crippen molar-refractivity contribution in [3.05, 3.63) is 12.7 Å². The van der Waals surface area contributed by atoms with Crippen LogP contribution in [0, 0.1) is 0 Å². The summed E-state index contributed by atoms with van der Waals surface area (Å²) in [5.74, 6) is 0.0636. The number of ether oxygens (including phenoxy) is 2. The fourth-order valence-electron chi connectivity index (χ4n) is 3.58. The van der Waals surface area contributed by atoms with Crippen LogP contribution in [0.1, 0.15) is 6.23 Å². The maximum atomic E-state index is 12.2. The Hall–Kier alpha value is -1.67. The number of anilines is 1. The van der Waals surface area contributed by atoms with Gasteiger partial charge < -0.3 is 51.2 Å². The van der Waals surface area contributed by atoms with Crippen LogP contribution in [0.3, 0.4) is 0 Å². The third-order valence-electron chi connectivity index (χ3n) is 5.41. The third-order valence-corrected chi connectivity index (χ3v) is 8.01. The first-order valence-corrected chi connectivity index (χ1v) is 13.2. The molecule has 2 aliphatic rings. The molecular formula is C15H24N6O13P2. The van der Waals surface area contributed by atoms with Gasteiger partial charge in [-0.15, -0.1) is 0 Å². The number of phosphoric ester groups is 2. The van der Waals surface area contributed by atoms with Crippen LogP contribution in [-0.4, -0.2) is 106 Å². The zero-order chi connectivity index (χ0) is 26.4. The maximum absolute atomic E-state index is 12.2. The van der Waals surface area contributed by atoms with Gasteiger partial charge in [-0.25, -0.2) is 24.1 Å². The number of rotatable bonds is 9. The minimum Gasteiger partial charge on any atom is -0.387 e. The second-order valence-corrected chi connectivity index (χ2v) is 10.9. The summed E-state index contributed by atoms with van der Waals surface area (Å²) in [6.45, 7) is -1.69. The van der Waals surface area contributed by atoms with Gasteiger partial charge in [0.25, 0.3) is 0 Å². The standard InChI is InChI=1S/C15H24N6O13P2/c16-12-7-14(19-3-18-12)21(4-20-7)15-11(25)9(23)6(33-15)2-31-36(28,29)34-35(26,27)30-1-5-8(22)10(24)13(17)32-5/h3-6,8-11,13,15,22-25H,1-2,17H2,(H,26,27)(H,28,29)(H2,16,18,19)/t5-,6-,8-,9-,10-,11-,13+,15-/m1/s1. The number of hydrogen-bond donors (Lipinski definition) is 8. The zero-order valence-corrected chi connectivity index (χ0v) is 19.9. The van der Waals surface area contributed by atoms with Crippen LogP contribution in [0.15, 0.2) is 12.7 Å². The molecule has 0 amide bonds. The summed E-state index contributed by atoms with van der Waals surface area (Å²) in [7, 11) is -10.5. The lowest BCUT2D eigenvalue weighted by atomic mass is 10.1. The number of aromatic nitrogens is 4. The molecule has 0 aliphatic carbocycles. The first kappa shape index (κ1) is 27.4.